The Labute approximate surface area is 182 Å². The van der Waals surface area contributed by atoms with Gasteiger partial charge in [0.05, 0.1) is 45.0 Å². The van der Waals surface area contributed by atoms with Crippen LogP contribution in [0.4, 0.5) is 22.7 Å². The summed E-state index contributed by atoms with van der Waals surface area (Å²) in [6, 6.07) is 5.60. The van der Waals surface area contributed by atoms with Crippen LogP contribution < -0.4 is 21.3 Å². The average molecular weight is 436 g/mol. The van der Waals surface area contributed by atoms with E-state index >= 15 is 0 Å². The molecule has 4 N–H and O–H groups in total. The van der Waals surface area contributed by atoms with Gasteiger partial charge in [0.1, 0.15) is 0 Å². The molecule has 0 fully saturated rings. The molecule has 0 heterocycles. The van der Waals surface area contributed by atoms with Crippen LogP contribution in [0.1, 0.15) is 59.5 Å². The van der Waals surface area contributed by atoms with Crippen molar-refractivity contribution in [2.75, 3.05) is 21.3 Å². The van der Waals surface area contributed by atoms with Crippen LogP contribution in [0.3, 0.4) is 0 Å². The lowest BCUT2D eigenvalue weighted by molar-refractivity contribution is -0.115. The Morgan fingerprint density at radius 2 is 0.656 bits per heavy atom. The zero-order valence-corrected chi connectivity index (χ0v) is 17.8. The Kier molecular flexibility index (Phi) is 5.88. The molecule has 0 aromatic heterocycles. The number of hydrogen-bond acceptors (Lipinski definition) is 6. The second-order valence-electron chi connectivity index (χ2n) is 7.20. The van der Waals surface area contributed by atoms with E-state index in [0.29, 0.717) is 0 Å². The summed E-state index contributed by atoms with van der Waals surface area (Å²) in [6.45, 7) is 4.98. The van der Waals surface area contributed by atoms with Crippen molar-refractivity contribution in [2.45, 2.75) is 27.7 Å². The smallest absolute Gasteiger partial charge is 0.221 e. The molecule has 164 valence electrons. The normalized spacial score (nSPS) is 11.8. The molecule has 3 rings (SSSR count). The topological polar surface area (TPSA) is 151 Å². The standard InChI is InChI=1S/C22H20N4O6/c1-9(27)23-13-5-6-14(24-10(2)28)18-17(13)21(31)19-15(25-11(3)29)7-8-16(26-12(4)30)20(19)22(18)32/h5-8H,1-4H3,(H,23,27)(H,24,28)(H,25,29)(H,26,30). The third kappa shape index (κ3) is 4.10. The second-order valence-corrected chi connectivity index (χ2v) is 7.20. The van der Waals surface area contributed by atoms with Gasteiger partial charge in [-0.3, -0.25) is 28.8 Å². The van der Waals surface area contributed by atoms with Gasteiger partial charge in [-0.25, -0.2) is 0 Å². The molecule has 1 aliphatic rings. The molecule has 0 radical (unpaired) electrons. The maximum Gasteiger partial charge on any atom is 0.221 e. The molecule has 0 unspecified atom stereocenters. The van der Waals surface area contributed by atoms with Crippen molar-refractivity contribution in [1.29, 1.82) is 0 Å². The lowest BCUT2D eigenvalue weighted by Crippen LogP contribution is -2.28. The highest BCUT2D eigenvalue weighted by atomic mass is 16.2. The van der Waals surface area contributed by atoms with E-state index in [4.69, 9.17) is 0 Å². The molecule has 0 saturated carbocycles. The highest BCUT2D eigenvalue weighted by molar-refractivity contribution is 6.36. The Morgan fingerprint density at radius 1 is 0.469 bits per heavy atom. The van der Waals surface area contributed by atoms with E-state index in [2.05, 4.69) is 21.3 Å². The van der Waals surface area contributed by atoms with Crippen LogP contribution in [0, 0.1) is 0 Å². The van der Waals surface area contributed by atoms with Crippen LogP contribution in [0.25, 0.3) is 0 Å². The van der Waals surface area contributed by atoms with Crippen LogP contribution in [0.2, 0.25) is 0 Å². The first-order chi connectivity index (χ1) is 15.0. The largest absolute Gasteiger partial charge is 0.326 e. The number of carbonyl (C=O) groups excluding carboxylic acids is 6. The third-order valence-corrected chi connectivity index (χ3v) is 4.56. The minimum atomic E-state index is -0.665. The van der Waals surface area contributed by atoms with Gasteiger partial charge in [-0.1, -0.05) is 0 Å². The van der Waals surface area contributed by atoms with E-state index in [9.17, 15) is 28.8 Å². The third-order valence-electron chi connectivity index (χ3n) is 4.56. The molecule has 2 aromatic carbocycles. The molecule has 0 atom stereocenters. The molecular weight excluding hydrogens is 416 g/mol. The number of amides is 4. The lowest BCUT2D eigenvalue weighted by atomic mass is 9.80. The summed E-state index contributed by atoms with van der Waals surface area (Å²) in [4.78, 5) is 74.1. The maximum absolute atomic E-state index is 13.7. The van der Waals surface area contributed by atoms with Crippen molar-refractivity contribution in [3.8, 4) is 0 Å². The fourth-order valence-corrected chi connectivity index (χ4v) is 3.57. The second kappa shape index (κ2) is 8.42. The van der Waals surface area contributed by atoms with Crippen molar-refractivity contribution in [1.82, 2.24) is 0 Å². The molecule has 4 amide bonds. The summed E-state index contributed by atoms with van der Waals surface area (Å²) in [5, 5.41) is 10.1. The molecule has 0 bridgehead atoms. The molecule has 10 nitrogen and oxygen atoms in total. The van der Waals surface area contributed by atoms with Gasteiger partial charge in [-0.15, -0.1) is 0 Å². The number of nitrogens with one attached hydrogen (secondary N) is 4. The van der Waals surface area contributed by atoms with E-state index in [1.165, 1.54) is 52.0 Å². The molecule has 1 aliphatic carbocycles. The summed E-state index contributed by atoms with van der Waals surface area (Å²) in [5.41, 5.74) is -0.223. The number of anilines is 4. The number of ketones is 2. The first-order valence-corrected chi connectivity index (χ1v) is 9.55. The Balaban J connectivity index is 2.39. The van der Waals surface area contributed by atoms with Crippen LogP contribution in [0.15, 0.2) is 24.3 Å². The van der Waals surface area contributed by atoms with Crippen molar-refractivity contribution in [3.05, 3.63) is 46.5 Å². The van der Waals surface area contributed by atoms with Crippen LogP contribution in [-0.2, 0) is 19.2 Å². The quantitative estimate of drug-likeness (QED) is 0.493. The molecule has 0 spiro atoms. The van der Waals surface area contributed by atoms with Crippen molar-refractivity contribution >= 4 is 57.9 Å². The van der Waals surface area contributed by atoms with Crippen molar-refractivity contribution in [2.24, 2.45) is 0 Å². The number of hydrogen-bond donors (Lipinski definition) is 4. The summed E-state index contributed by atoms with van der Waals surface area (Å²) >= 11 is 0. The average Bonchev–Trinajstić information content (AvgIpc) is 2.66. The summed E-state index contributed by atoms with van der Waals surface area (Å²) in [7, 11) is 0. The van der Waals surface area contributed by atoms with E-state index in [1.807, 2.05) is 0 Å². The molecule has 32 heavy (non-hydrogen) atoms. The van der Waals surface area contributed by atoms with Crippen molar-refractivity contribution in [3.63, 3.8) is 0 Å². The SMILES string of the molecule is CC(=O)Nc1ccc(NC(C)=O)c2c1C(=O)c1c(NC(C)=O)ccc(NC(C)=O)c1C2=O. The van der Waals surface area contributed by atoms with Crippen LogP contribution in [0.5, 0.6) is 0 Å². The predicted molar refractivity (Wildman–Crippen MR) is 117 cm³/mol. The minimum absolute atomic E-state index is 0.0734. The number of rotatable bonds is 4. The van der Waals surface area contributed by atoms with Gasteiger partial charge in [0.25, 0.3) is 0 Å². The van der Waals surface area contributed by atoms with Gasteiger partial charge in [0, 0.05) is 27.7 Å². The fraction of sp³-hybridized carbons (Fsp3) is 0.182. The van der Waals surface area contributed by atoms with Gasteiger partial charge in [0.15, 0.2) is 11.6 Å². The summed E-state index contributed by atoms with van der Waals surface area (Å²) in [6.07, 6.45) is 0. The zero-order valence-electron chi connectivity index (χ0n) is 17.8. The van der Waals surface area contributed by atoms with Gasteiger partial charge in [-0.05, 0) is 24.3 Å². The lowest BCUT2D eigenvalue weighted by Gasteiger charge is -2.26. The van der Waals surface area contributed by atoms with E-state index in [0.717, 1.165) is 0 Å². The van der Waals surface area contributed by atoms with Gasteiger partial charge < -0.3 is 21.3 Å². The monoisotopic (exact) mass is 436 g/mol. The summed E-state index contributed by atoms with van der Waals surface area (Å²) < 4.78 is 0. The first-order valence-electron chi connectivity index (χ1n) is 9.55. The van der Waals surface area contributed by atoms with E-state index < -0.39 is 35.2 Å². The highest BCUT2D eigenvalue weighted by Gasteiger charge is 2.38. The molecule has 0 aliphatic heterocycles. The molecular formula is C22H20N4O6. The minimum Gasteiger partial charge on any atom is -0.326 e. The Bertz CT molecular complexity index is 1050. The summed E-state index contributed by atoms with van der Waals surface area (Å²) in [5.74, 6) is -3.22. The van der Waals surface area contributed by atoms with E-state index in [1.54, 1.807) is 0 Å². The van der Waals surface area contributed by atoms with Gasteiger partial charge in [-0.2, -0.15) is 0 Å². The van der Waals surface area contributed by atoms with E-state index in [-0.39, 0.29) is 45.0 Å². The predicted octanol–water partition coefficient (Wildman–Crippen LogP) is 2.30. The Hall–Kier alpha value is -4.34. The van der Waals surface area contributed by atoms with Crippen molar-refractivity contribution < 1.29 is 28.8 Å². The fourth-order valence-electron chi connectivity index (χ4n) is 3.57. The first kappa shape index (κ1) is 22.3. The van der Waals surface area contributed by atoms with Gasteiger partial charge >= 0.3 is 0 Å². The number of carbonyl (C=O) groups is 6. The number of fused-ring (bicyclic) bond motifs is 2. The number of benzene rings is 2. The van der Waals surface area contributed by atoms with Crippen LogP contribution >= 0.6 is 0 Å². The maximum atomic E-state index is 13.7. The molecule has 0 saturated heterocycles. The molecule has 10 heteroatoms. The highest BCUT2D eigenvalue weighted by Crippen LogP contribution is 2.41. The Morgan fingerprint density at radius 3 is 0.812 bits per heavy atom. The zero-order chi connectivity index (χ0) is 23.7. The van der Waals surface area contributed by atoms with Crippen LogP contribution in [-0.4, -0.2) is 35.2 Å². The molecule has 2 aromatic rings. The van der Waals surface area contributed by atoms with Gasteiger partial charge in [0.2, 0.25) is 23.6 Å².